The van der Waals surface area contributed by atoms with E-state index in [9.17, 15) is 14.7 Å². The Kier molecular flexibility index (Phi) is 6.56. The van der Waals surface area contributed by atoms with Crippen molar-refractivity contribution < 1.29 is 19.4 Å². The van der Waals surface area contributed by atoms with E-state index >= 15 is 0 Å². The van der Waals surface area contributed by atoms with Gasteiger partial charge in [-0.05, 0) is 75.3 Å². The number of ketones is 1. The minimum absolute atomic E-state index is 0.0803. The van der Waals surface area contributed by atoms with Crippen LogP contribution in [0.25, 0.3) is 5.76 Å². The zero-order valence-electron chi connectivity index (χ0n) is 19.8. The highest BCUT2D eigenvalue weighted by atomic mass is 16.5. The first kappa shape index (κ1) is 23.1. The summed E-state index contributed by atoms with van der Waals surface area (Å²) in [7, 11) is 3.96. The Morgan fingerprint density at radius 1 is 1.15 bits per heavy atom. The maximum atomic E-state index is 13.2. The Labute approximate surface area is 195 Å². The van der Waals surface area contributed by atoms with Crippen LogP contribution >= 0.6 is 0 Å². The fraction of sp³-hybridized carbons (Fsp3) is 0.407. The van der Waals surface area contributed by atoms with Gasteiger partial charge in [0.2, 0.25) is 0 Å². The van der Waals surface area contributed by atoms with Crippen molar-refractivity contribution >= 4 is 17.4 Å². The van der Waals surface area contributed by atoms with Crippen LogP contribution in [0.15, 0.2) is 48.0 Å². The lowest BCUT2D eigenvalue weighted by Gasteiger charge is -2.26. The summed E-state index contributed by atoms with van der Waals surface area (Å²) in [5, 5.41) is 11.3. The molecule has 2 atom stereocenters. The first-order valence-electron chi connectivity index (χ1n) is 11.6. The number of nitrogens with zero attached hydrogens (tertiary/aromatic N) is 2. The van der Waals surface area contributed by atoms with Gasteiger partial charge in [-0.15, -0.1) is 0 Å². The van der Waals surface area contributed by atoms with Crippen molar-refractivity contribution in [3.8, 4) is 5.75 Å². The largest absolute Gasteiger partial charge is 0.507 e. The standard InChI is InChI=1S/C27H32N2O4/c1-5-18-7-9-19(10-8-18)24-23(26(31)27(32)29(24)14-6-13-28(3)4)25(30)20-11-12-22-21(16-20)15-17(2)33-22/h7-12,16-17,24,30H,5-6,13-15H2,1-4H3/b25-23+. The SMILES string of the molecule is CCc1ccc(C2/C(=C(\O)c3ccc4c(c3)CC(C)O4)C(=O)C(=O)N2CCCN(C)C)cc1. The second kappa shape index (κ2) is 9.40. The Morgan fingerprint density at radius 2 is 1.88 bits per heavy atom. The predicted octanol–water partition coefficient (Wildman–Crippen LogP) is 3.95. The molecule has 0 spiro atoms. The van der Waals surface area contributed by atoms with Crippen molar-refractivity contribution in [2.45, 2.75) is 45.3 Å². The fourth-order valence-electron chi connectivity index (χ4n) is 4.67. The van der Waals surface area contributed by atoms with Crippen LogP contribution < -0.4 is 4.74 Å². The summed E-state index contributed by atoms with van der Waals surface area (Å²) in [6, 6.07) is 12.8. The summed E-state index contributed by atoms with van der Waals surface area (Å²) < 4.78 is 5.77. The Hall–Kier alpha value is -3.12. The van der Waals surface area contributed by atoms with Crippen LogP contribution in [0.3, 0.4) is 0 Å². The molecule has 0 aromatic heterocycles. The van der Waals surface area contributed by atoms with Gasteiger partial charge in [0, 0.05) is 18.5 Å². The summed E-state index contributed by atoms with van der Waals surface area (Å²) in [5.74, 6) is -0.518. The highest BCUT2D eigenvalue weighted by Crippen LogP contribution is 2.40. The monoisotopic (exact) mass is 448 g/mol. The van der Waals surface area contributed by atoms with Gasteiger partial charge < -0.3 is 19.6 Å². The van der Waals surface area contributed by atoms with Gasteiger partial charge in [0.25, 0.3) is 11.7 Å². The summed E-state index contributed by atoms with van der Waals surface area (Å²) in [6.45, 7) is 5.32. The molecule has 2 unspecified atom stereocenters. The number of aliphatic hydroxyl groups excluding tert-OH is 1. The number of carbonyl (C=O) groups excluding carboxylic acids is 2. The molecule has 174 valence electrons. The number of aliphatic hydroxyl groups is 1. The first-order chi connectivity index (χ1) is 15.8. The van der Waals surface area contributed by atoms with Gasteiger partial charge in [-0.3, -0.25) is 9.59 Å². The molecule has 2 aromatic rings. The van der Waals surface area contributed by atoms with Crippen molar-refractivity contribution in [3.05, 3.63) is 70.3 Å². The fourth-order valence-corrected chi connectivity index (χ4v) is 4.67. The minimum atomic E-state index is -0.632. The number of Topliss-reactive ketones (excluding diaryl/α,β-unsaturated/α-hetero) is 1. The lowest BCUT2D eigenvalue weighted by atomic mass is 9.93. The molecule has 0 aliphatic carbocycles. The van der Waals surface area contributed by atoms with Crippen molar-refractivity contribution in [3.63, 3.8) is 0 Å². The van der Waals surface area contributed by atoms with Crippen molar-refractivity contribution in [1.82, 2.24) is 9.80 Å². The number of benzene rings is 2. The highest BCUT2D eigenvalue weighted by molar-refractivity contribution is 6.46. The van der Waals surface area contributed by atoms with Crippen LogP contribution in [0, 0.1) is 0 Å². The van der Waals surface area contributed by atoms with Crippen LogP contribution in [-0.2, 0) is 22.4 Å². The van der Waals surface area contributed by atoms with Crippen molar-refractivity contribution in [1.29, 1.82) is 0 Å². The molecule has 1 N–H and O–H groups in total. The smallest absolute Gasteiger partial charge is 0.295 e. The number of ether oxygens (including phenoxy) is 1. The number of amides is 1. The number of aryl methyl sites for hydroxylation is 1. The maximum Gasteiger partial charge on any atom is 0.295 e. The highest BCUT2D eigenvalue weighted by Gasteiger charge is 2.45. The quantitative estimate of drug-likeness (QED) is 0.395. The van der Waals surface area contributed by atoms with E-state index in [1.807, 2.05) is 57.4 Å². The Morgan fingerprint density at radius 3 is 2.55 bits per heavy atom. The zero-order valence-corrected chi connectivity index (χ0v) is 19.8. The van der Waals surface area contributed by atoms with Gasteiger partial charge in [-0.1, -0.05) is 31.2 Å². The molecule has 33 heavy (non-hydrogen) atoms. The molecule has 0 saturated carbocycles. The lowest BCUT2D eigenvalue weighted by molar-refractivity contribution is -0.139. The van der Waals surface area contributed by atoms with Gasteiger partial charge in [0.15, 0.2) is 0 Å². The normalized spacial score (nSPS) is 21.5. The van der Waals surface area contributed by atoms with Gasteiger partial charge in [0.05, 0.1) is 11.6 Å². The molecule has 2 aliphatic rings. The number of hydrogen-bond acceptors (Lipinski definition) is 5. The van der Waals surface area contributed by atoms with E-state index in [1.54, 1.807) is 11.0 Å². The molecule has 2 aromatic carbocycles. The molecule has 0 bridgehead atoms. The third-order valence-electron chi connectivity index (χ3n) is 6.42. The number of hydrogen-bond donors (Lipinski definition) is 1. The summed E-state index contributed by atoms with van der Waals surface area (Å²) in [4.78, 5) is 29.9. The van der Waals surface area contributed by atoms with E-state index in [4.69, 9.17) is 4.74 Å². The van der Waals surface area contributed by atoms with E-state index < -0.39 is 17.7 Å². The molecule has 6 nitrogen and oxygen atoms in total. The zero-order chi connectivity index (χ0) is 23.7. The topological polar surface area (TPSA) is 70.1 Å². The minimum Gasteiger partial charge on any atom is -0.507 e. The van der Waals surface area contributed by atoms with Gasteiger partial charge >= 0.3 is 0 Å². The molecule has 1 amide bonds. The molecule has 2 aliphatic heterocycles. The molecule has 6 heteroatoms. The van der Waals surface area contributed by atoms with Crippen molar-refractivity contribution in [2.24, 2.45) is 0 Å². The van der Waals surface area contributed by atoms with E-state index in [-0.39, 0.29) is 17.4 Å². The lowest BCUT2D eigenvalue weighted by Crippen LogP contribution is -2.32. The van der Waals surface area contributed by atoms with Crippen molar-refractivity contribution in [2.75, 3.05) is 27.2 Å². The molecule has 0 radical (unpaired) electrons. The molecular weight excluding hydrogens is 416 g/mol. The average molecular weight is 449 g/mol. The van der Waals surface area contributed by atoms with Crippen LogP contribution in [0.1, 0.15) is 48.6 Å². The number of carbonyl (C=O) groups is 2. The van der Waals surface area contributed by atoms with E-state index in [0.29, 0.717) is 12.1 Å². The third kappa shape index (κ3) is 4.53. The first-order valence-corrected chi connectivity index (χ1v) is 11.6. The Bertz CT molecular complexity index is 1090. The number of fused-ring (bicyclic) bond motifs is 1. The maximum absolute atomic E-state index is 13.2. The molecule has 1 saturated heterocycles. The van der Waals surface area contributed by atoms with Gasteiger partial charge in [-0.2, -0.15) is 0 Å². The van der Waals surface area contributed by atoms with Crippen LogP contribution in [0.4, 0.5) is 0 Å². The van der Waals surface area contributed by atoms with Gasteiger partial charge in [0.1, 0.15) is 17.6 Å². The molecule has 1 fully saturated rings. The van der Waals surface area contributed by atoms with Crippen LogP contribution in [0.5, 0.6) is 5.75 Å². The second-order valence-corrected chi connectivity index (χ2v) is 9.20. The summed E-state index contributed by atoms with van der Waals surface area (Å²) >= 11 is 0. The summed E-state index contributed by atoms with van der Waals surface area (Å²) in [5.41, 5.74) is 3.69. The molecule has 2 heterocycles. The van der Waals surface area contributed by atoms with E-state index in [0.717, 1.165) is 42.7 Å². The Balaban J connectivity index is 1.77. The molecular formula is C27H32N2O4. The average Bonchev–Trinajstić information content (AvgIpc) is 3.29. The van der Waals surface area contributed by atoms with Gasteiger partial charge in [-0.25, -0.2) is 0 Å². The van der Waals surface area contributed by atoms with E-state index in [1.165, 1.54) is 5.56 Å². The van der Waals surface area contributed by atoms with Crippen LogP contribution in [-0.4, -0.2) is 59.9 Å². The second-order valence-electron chi connectivity index (χ2n) is 9.20. The number of likely N-dealkylation sites (tertiary alicyclic amines) is 1. The third-order valence-corrected chi connectivity index (χ3v) is 6.42. The van der Waals surface area contributed by atoms with Crippen LogP contribution in [0.2, 0.25) is 0 Å². The van der Waals surface area contributed by atoms with E-state index in [2.05, 4.69) is 11.8 Å². The number of rotatable bonds is 7. The molecule has 4 rings (SSSR count). The summed E-state index contributed by atoms with van der Waals surface area (Å²) in [6.07, 6.45) is 2.46. The predicted molar refractivity (Wildman–Crippen MR) is 128 cm³/mol.